The number of carbonyl (C=O) groups excluding carboxylic acids is 1. The molecule has 0 spiro atoms. The number of imidazole rings is 1. The Balaban J connectivity index is 2.36. The molecule has 4 N–H and O–H groups in total. The molecule has 5 heteroatoms. The van der Waals surface area contributed by atoms with E-state index in [1.165, 1.54) is 6.20 Å². The van der Waals surface area contributed by atoms with E-state index in [9.17, 15) is 9.59 Å². The molecule has 0 unspecified atom stereocenters. The zero-order chi connectivity index (χ0) is 10.8. The monoisotopic (exact) mass is 203 g/mol. The summed E-state index contributed by atoms with van der Waals surface area (Å²) < 4.78 is 0. The maximum absolute atomic E-state index is 11.7. The molecule has 0 atom stereocenters. The smallest absolute Gasteiger partial charge is 0.323 e. The van der Waals surface area contributed by atoms with Crippen molar-refractivity contribution in [3.05, 3.63) is 52.2 Å². The number of nitrogens with two attached hydrogens (primary N) is 1. The Bertz CT molecular complexity index is 536. The van der Waals surface area contributed by atoms with Crippen molar-refractivity contribution in [2.45, 2.75) is 0 Å². The number of nitrogens with one attached hydrogen (secondary N) is 2. The molecule has 0 bridgehead atoms. The SMILES string of the molecule is Nc1ccc(C(=O)c2c[nH]c(=O)[nH]2)cc1. The van der Waals surface area contributed by atoms with E-state index in [0.29, 0.717) is 11.3 Å². The topological polar surface area (TPSA) is 91.7 Å². The second-order valence-electron chi connectivity index (χ2n) is 3.11. The predicted molar refractivity (Wildman–Crippen MR) is 55.7 cm³/mol. The first-order chi connectivity index (χ1) is 7.16. The Morgan fingerprint density at radius 2 is 1.87 bits per heavy atom. The molecule has 0 fully saturated rings. The average molecular weight is 203 g/mol. The fraction of sp³-hybridized carbons (Fsp3) is 0. The van der Waals surface area contributed by atoms with Crippen molar-refractivity contribution in [3.63, 3.8) is 0 Å². The van der Waals surface area contributed by atoms with Crippen LogP contribution >= 0.6 is 0 Å². The summed E-state index contributed by atoms with van der Waals surface area (Å²) in [4.78, 5) is 27.3. The zero-order valence-corrected chi connectivity index (χ0v) is 7.78. The van der Waals surface area contributed by atoms with Crippen molar-refractivity contribution in [2.24, 2.45) is 0 Å². The summed E-state index contributed by atoms with van der Waals surface area (Å²) in [6.07, 6.45) is 1.35. The van der Waals surface area contributed by atoms with E-state index in [2.05, 4.69) is 9.97 Å². The van der Waals surface area contributed by atoms with Gasteiger partial charge in [-0.1, -0.05) is 0 Å². The number of benzene rings is 1. The highest BCUT2D eigenvalue weighted by atomic mass is 16.1. The van der Waals surface area contributed by atoms with E-state index in [1.54, 1.807) is 24.3 Å². The van der Waals surface area contributed by atoms with Crippen LogP contribution in [0.25, 0.3) is 0 Å². The van der Waals surface area contributed by atoms with Gasteiger partial charge in [-0.2, -0.15) is 0 Å². The number of carbonyl (C=O) groups is 1. The van der Waals surface area contributed by atoms with Gasteiger partial charge in [-0.05, 0) is 24.3 Å². The Labute approximate surface area is 84.9 Å². The molecule has 0 saturated carbocycles. The lowest BCUT2D eigenvalue weighted by atomic mass is 10.1. The van der Waals surface area contributed by atoms with E-state index in [-0.39, 0.29) is 11.5 Å². The highest BCUT2D eigenvalue weighted by molar-refractivity contribution is 6.07. The van der Waals surface area contributed by atoms with Crippen LogP contribution in [0.15, 0.2) is 35.3 Å². The molecular weight excluding hydrogens is 194 g/mol. The quantitative estimate of drug-likeness (QED) is 0.490. The maximum Gasteiger partial charge on any atom is 0.323 e. The van der Waals surface area contributed by atoms with Gasteiger partial charge in [-0.25, -0.2) is 4.79 Å². The molecule has 2 aromatic rings. The fourth-order valence-electron chi connectivity index (χ4n) is 1.24. The van der Waals surface area contributed by atoms with Gasteiger partial charge in [0.2, 0.25) is 5.78 Å². The van der Waals surface area contributed by atoms with Crippen LogP contribution in [0.4, 0.5) is 5.69 Å². The van der Waals surface area contributed by atoms with Crippen LogP contribution in [-0.2, 0) is 0 Å². The van der Waals surface area contributed by atoms with Gasteiger partial charge in [0.05, 0.1) is 0 Å². The molecule has 2 rings (SSSR count). The molecule has 1 aromatic carbocycles. The summed E-state index contributed by atoms with van der Waals surface area (Å²) in [5, 5.41) is 0. The molecule has 15 heavy (non-hydrogen) atoms. The lowest BCUT2D eigenvalue weighted by Gasteiger charge is -1.98. The second kappa shape index (κ2) is 3.45. The highest BCUT2D eigenvalue weighted by Crippen LogP contribution is 2.09. The molecular formula is C10H9N3O2. The Morgan fingerprint density at radius 1 is 1.20 bits per heavy atom. The molecule has 0 aliphatic carbocycles. The molecule has 0 aliphatic heterocycles. The predicted octanol–water partition coefficient (Wildman–Crippen LogP) is 0.516. The zero-order valence-electron chi connectivity index (χ0n) is 7.78. The molecule has 5 nitrogen and oxygen atoms in total. The number of anilines is 1. The fourth-order valence-corrected chi connectivity index (χ4v) is 1.24. The molecule has 1 aromatic heterocycles. The van der Waals surface area contributed by atoms with Gasteiger partial charge in [0.15, 0.2) is 0 Å². The first kappa shape index (κ1) is 9.26. The Morgan fingerprint density at radius 3 is 2.40 bits per heavy atom. The van der Waals surface area contributed by atoms with Crippen molar-refractivity contribution < 1.29 is 4.79 Å². The van der Waals surface area contributed by atoms with Crippen molar-refractivity contribution in [2.75, 3.05) is 5.73 Å². The summed E-state index contributed by atoms with van der Waals surface area (Å²) in [6, 6.07) is 6.50. The number of aromatic nitrogens is 2. The molecule has 0 aliphatic rings. The number of nitrogen functional groups attached to an aromatic ring is 1. The van der Waals surface area contributed by atoms with Gasteiger partial charge >= 0.3 is 5.69 Å². The number of rotatable bonds is 2. The number of H-pyrrole nitrogens is 2. The number of hydrogen-bond donors (Lipinski definition) is 3. The third-order valence-corrected chi connectivity index (χ3v) is 2.01. The summed E-state index contributed by atoms with van der Waals surface area (Å²) in [5.74, 6) is -0.242. The molecule has 76 valence electrons. The van der Waals surface area contributed by atoms with Crippen molar-refractivity contribution >= 4 is 11.5 Å². The van der Waals surface area contributed by atoms with Crippen molar-refractivity contribution in [1.82, 2.24) is 9.97 Å². The van der Waals surface area contributed by atoms with Crippen LogP contribution in [0.3, 0.4) is 0 Å². The van der Waals surface area contributed by atoms with Gasteiger partial charge in [-0.3, -0.25) is 4.79 Å². The normalized spacial score (nSPS) is 10.1. The van der Waals surface area contributed by atoms with E-state index in [4.69, 9.17) is 5.73 Å². The minimum Gasteiger partial charge on any atom is -0.399 e. The van der Waals surface area contributed by atoms with E-state index >= 15 is 0 Å². The Hall–Kier alpha value is -2.30. The summed E-state index contributed by atoms with van der Waals surface area (Å²) in [6.45, 7) is 0. The Kier molecular flexibility index (Phi) is 2.13. The van der Waals surface area contributed by atoms with Crippen LogP contribution < -0.4 is 11.4 Å². The minimum absolute atomic E-state index is 0.241. The van der Waals surface area contributed by atoms with Crippen LogP contribution in [-0.4, -0.2) is 15.8 Å². The number of ketones is 1. The summed E-state index contributed by atoms with van der Waals surface area (Å²) >= 11 is 0. The van der Waals surface area contributed by atoms with Gasteiger partial charge < -0.3 is 15.7 Å². The van der Waals surface area contributed by atoms with Crippen LogP contribution in [0, 0.1) is 0 Å². The minimum atomic E-state index is -0.395. The van der Waals surface area contributed by atoms with Gasteiger partial charge in [0.1, 0.15) is 5.69 Å². The largest absolute Gasteiger partial charge is 0.399 e. The average Bonchev–Trinajstić information content (AvgIpc) is 2.65. The van der Waals surface area contributed by atoms with Crippen LogP contribution in [0.1, 0.15) is 16.1 Å². The lowest BCUT2D eigenvalue weighted by Crippen LogP contribution is -2.06. The summed E-state index contributed by atoms with van der Waals surface area (Å²) in [5.41, 5.74) is 6.42. The maximum atomic E-state index is 11.7. The van der Waals surface area contributed by atoms with E-state index in [0.717, 1.165) is 0 Å². The molecule has 0 amide bonds. The van der Waals surface area contributed by atoms with E-state index < -0.39 is 5.69 Å². The third kappa shape index (κ3) is 1.80. The molecule has 0 radical (unpaired) electrons. The summed E-state index contributed by atoms with van der Waals surface area (Å²) in [7, 11) is 0. The van der Waals surface area contributed by atoms with Crippen molar-refractivity contribution in [1.29, 1.82) is 0 Å². The first-order valence-electron chi connectivity index (χ1n) is 4.35. The molecule has 1 heterocycles. The lowest BCUT2D eigenvalue weighted by molar-refractivity contribution is 0.103. The molecule has 0 saturated heterocycles. The third-order valence-electron chi connectivity index (χ3n) is 2.01. The van der Waals surface area contributed by atoms with Crippen LogP contribution in [0.2, 0.25) is 0 Å². The standard InChI is InChI=1S/C10H9N3O2/c11-7-3-1-6(2-4-7)9(14)8-5-12-10(15)13-8/h1-5H,11H2,(H2,12,13,15). The van der Waals surface area contributed by atoms with E-state index in [1.807, 2.05) is 0 Å². The first-order valence-corrected chi connectivity index (χ1v) is 4.35. The number of aromatic amines is 2. The van der Waals surface area contributed by atoms with Gasteiger partial charge in [0.25, 0.3) is 0 Å². The number of hydrogen-bond acceptors (Lipinski definition) is 3. The van der Waals surface area contributed by atoms with Crippen molar-refractivity contribution in [3.8, 4) is 0 Å². The van der Waals surface area contributed by atoms with Crippen LogP contribution in [0.5, 0.6) is 0 Å². The highest BCUT2D eigenvalue weighted by Gasteiger charge is 2.10. The second-order valence-corrected chi connectivity index (χ2v) is 3.11. The van der Waals surface area contributed by atoms with Gasteiger partial charge in [-0.15, -0.1) is 0 Å². The van der Waals surface area contributed by atoms with Gasteiger partial charge in [0, 0.05) is 17.4 Å².